The van der Waals surface area contributed by atoms with Crippen molar-refractivity contribution >= 4 is 11.8 Å². The molecular formula is C16H30N2O2. The number of rotatable bonds is 7. The van der Waals surface area contributed by atoms with E-state index in [-0.39, 0.29) is 23.3 Å². The zero-order valence-electron chi connectivity index (χ0n) is 13.5. The molecule has 1 aliphatic rings. The quantitative estimate of drug-likeness (QED) is 0.730. The highest BCUT2D eigenvalue weighted by atomic mass is 16.2. The third-order valence-corrected chi connectivity index (χ3v) is 3.89. The molecule has 1 N–H and O–H groups in total. The Bertz CT molecular complexity index is 334. The first-order chi connectivity index (χ1) is 9.36. The minimum atomic E-state index is -0.188. The van der Waals surface area contributed by atoms with Crippen LogP contribution in [0.1, 0.15) is 66.2 Å². The zero-order valence-corrected chi connectivity index (χ0v) is 13.5. The molecule has 1 heterocycles. The van der Waals surface area contributed by atoms with E-state index in [1.807, 2.05) is 25.7 Å². The summed E-state index contributed by atoms with van der Waals surface area (Å²) in [5.74, 6) is -0.0291. The second-order valence-electron chi connectivity index (χ2n) is 6.78. The fourth-order valence-corrected chi connectivity index (χ4v) is 2.62. The Labute approximate surface area is 123 Å². The fraction of sp³-hybridized carbons (Fsp3) is 0.875. The van der Waals surface area contributed by atoms with Gasteiger partial charge in [-0.05, 0) is 27.2 Å². The lowest BCUT2D eigenvalue weighted by atomic mass is 10.1. The molecule has 4 nitrogen and oxygen atoms in total. The van der Waals surface area contributed by atoms with E-state index in [4.69, 9.17) is 0 Å². The number of carbonyl (C=O) groups excluding carboxylic acids is 2. The Morgan fingerprint density at radius 1 is 1.25 bits per heavy atom. The maximum atomic E-state index is 12.1. The van der Waals surface area contributed by atoms with Gasteiger partial charge in [-0.1, -0.05) is 32.6 Å². The molecule has 0 saturated carbocycles. The predicted octanol–water partition coefficient (Wildman–Crippen LogP) is 2.72. The molecule has 0 aromatic rings. The van der Waals surface area contributed by atoms with E-state index in [1.165, 1.54) is 25.7 Å². The van der Waals surface area contributed by atoms with E-state index in [0.29, 0.717) is 13.0 Å². The molecule has 0 aliphatic carbocycles. The van der Waals surface area contributed by atoms with E-state index >= 15 is 0 Å². The smallest absolute Gasteiger partial charge is 0.225 e. The van der Waals surface area contributed by atoms with Gasteiger partial charge in [-0.3, -0.25) is 9.59 Å². The van der Waals surface area contributed by atoms with Crippen molar-refractivity contribution in [1.29, 1.82) is 0 Å². The van der Waals surface area contributed by atoms with E-state index in [9.17, 15) is 9.59 Å². The van der Waals surface area contributed by atoms with Crippen molar-refractivity contribution in [2.24, 2.45) is 5.92 Å². The standard InChI is InChI=1S/C16H30N2O2/c1-5-6-7-8-9-10-17-15(20)13-11-14(19)18(12-13)16(2,3)4/h13H,5-12H2,1-4H3,(H,17,20). The highest BCUT2D eigenvalue weighted by molar-refractivity contribution is 5.89. The molecule has 0 bridgehead atoms. The van der Waals surface area contributed by atoms with Crippen LogP contribution >= 0.6 is 0 Å². The number of nitrogens with zero attached hydrogens (tertiary/aromatic N) is 1. The molecule has 0 spiro atoms. The topological polar surface area (TPSA) is 49.4 Å². The van der Waals surface area contributed by atoms with Gasteiger partial charge in [-0.25, -0.2) is 0 Å². The molecular weight excluding hydrogens is 252 g/mol. The molecule has 0 radical (unpaired) electrons. The molecule has 20 heavy (non-hydrogen) atoms. The van der Waals surface area contributed by atoms with Crippen LogP contribution in [0, 0.1) is 5.92 Å². The molecule has 1 fully saturated rings. The van der Waals surface area contributed by atoms with Crippen LogP contribution in [-0.4, -0.2) is 35.3 Å². The van der Waals surface area contributed by atoms with Gasteiger partial charge in [0.05, 0.1) is 5.92 Å². The lowest BCUT2D eigenvalue weighted by molar-refractivity contribution is -0.132. The van der Waals surface area contributed by atoms with Gasteiger partial charge in [0.25, 0.3) is 0 Å². The number of unbranched alkanes of at least 4 members (excludes halogenated alkanes) is 4. The highest BCUT2D eigenvalue weighted by Crippen LogP contribution is 2.25. The van der Waals surface area contributed by atoms with Gasteiger partial charge >= 0.3 is 0 Å². The lowest BCUT2D eigenvalue weighted by Crippen LogP contribution is -2.43. The van der Waals surface area contributed by atoms with Crippen LogP contribution in [0.5, 0.6) is 0 Å². The summed E-state index contributed by atoms with van der Waals surface area (Å²) in [6.45, 7) is 9.53. The second kappa shape index (κ2) is 7.65. The molecule has 1 rings (SSSR count). The molecule has 0 aromatic carbocycles. The van der Waals surface area contributed by atoms with Crippen LogP contribution in [0.3, 0.4) is 0 Å². The number of carbonyl (C=O) groups is 2. The summed E-state index contributed by atoms with van der Waals surface area (Å²) in [5, 5.41) is 2.98. The molecule has 2 amide bonds. The first kappa shape index (κ1) is 17.0. The van der Waals surface area contributed by atoms with Crippen molar-refractivity contribution in [3.8, 4) is 0 Å². The van der Waals surface area contributed by atoms with Crippen LogP contribution in [0.15, 0.2) is 0 Å². The van der Waals surface area contributed by atoms with Gasteiger partial charge in [0, 0.05) is 25.0 Å². The first-order valence-electron chi connectivity index (χ1n) is 7.94. The minimum Gasteiger partial charge on any atom is -0.356 e. The third kappa shape index (κ3) is 5.14. The van der Waals surface area contributed by atoms with Crippen molar-refractivity contribution < 1.29 is 9.59 Å². The number of nitrogens with one attached hydrogen (secondary N) is 1. The van der Waals surface area contributed by atoms with E-state index in [2.05, 4.69) is 12.2 Å². The third-order valence-electron chi connectivity index (χ3n) is 3.89. The Morgan fingerprint density at radius 2 is 1.90 bits per heavy atom. The monoisotopic (exact) mass is 282 g/mol. The summed E-state index contributed by atoms with van der Waals surface area (Å²) in [7, 11) is 0. The Hall–Kier alpha value is -1.06. The Balaban J connectivity index is 2.26. The maximum Gasteiger partial charge on any atom is 0.225 e. The molecule has 4 heteroatoms. The van der Waals surface area contributed by atoms with Crippen LogP contribution in [0.25, 0.3) is 0 Å². The van der Waals surface area contributed by atoms with Crippen LogP contribution in [0.4, 0.5) is 0 Å². The van der Waals surface area contributed by atoms with Gasteiger partial charge < -0.3 is 10.2 Å². The molecule has 116 valence electrons. The van der Waals surface area contributed by atoms with Crippen molar-refractivity contribution in [3.05, 3.63) is 0 Å². The molecule has 1 atom stereocenters. The average molecular weight is 282 g/mol. The average Bonchev–Trinajstić information content (AvgIpc) is 2.75. The van der Waals surface area contributed by atoms with E-state index in [1.54, 1.807) is 0 Å². The van der Waals surface area contributed by atoms with Crippen LogP contribution in [0.2, 0.25) is 0 Å². The summed E-state index contributed by atoms with van der Waals surface area (Å²) in [5.41, 5.74) is -0.188. The van der Waals surface area contributed by atoms with Crippen LogP contribution < -0.4 is 5.32 Å². The molecule has 0 aromatic heterocycles. The van der Waals surface area contributed by atoms with Gasteiger partial charge in [0.15, 0.2) is 0 Å². The Kier molecular flexibility index (Phi) is 6.50. The Morgan fingerprint density at radius 3 is 2.45 bits per heavy atom. The largest absolute Gasteiger partial charge is 0.356 e. The first-order valence-corrected chi connectivity index (χ1v) is 7.94. The van der Waals surface area contributed by atoms with Crippen molar-refractivity contribution in [2.45, 2.75) is 71.8 Å². The maximum absolute atomic E-state index is 12.1. The summed E-state index contributed by atoms with van der Waals surface area (Å²) in [6, 6.07) is 0. The predicted molar refractivity (Wildman–Crippen MR) is 81.3 cm³/mol. The van der Waals surface area contributed by atoms with Crippen molar-refractivity contribution in [3.63, 3.8) is 0 Å². The molecule has 1 unspecified atom stereocenters. The summed E-state index contributed by atoms with van der Waals surface area (Å²) in [6.07, 6.45) is 6.32. The highest BCUT2D eigenvalue weighted by Gasteiger charge is 2.39. The van der Waals surface area contributed by atoms with Gasteiger partial charge in [0.2, 0.25) is 11.8 Å². The fourth-order valence-electron chi connectivity index (χ4n) is 2.62. The van der Waals surface area contributed by atoms with Gasteiger partial charge in [-0.2, -0.15) is 0 Å². The lowest BCUT2D eigenvalue weighted by Gasteiger charge is -2.31. The minimum absolute atomic E-state index is 0.0422. The van der Waals surface area contributed by atoms with Gasteiger partial charge in [-0.15, -0.1) is 0 Å². The van der Waals surface area contributed by atoms with E-state index in [0.717, 1.165) is 13.0 Å². The number of hydrogen-bond acceptors (Lipinski definition) is 2. The number of hydrogen-bond donors (Lipinski definition) is 1. The SMILES string of the molecule is CCCCCCCNC(=O)C1CC(=O)N(C(C)(C)C)C1. The van der Waals surface area contributed by atoms with Crippen molar-refractivity contribution in [1.82, 2.24) is 10.2 Å². The summed E-state index contributed by atoms with van der Waals surface area (Å²) >= 11 is 0. The van der Waals surface area contributed by atoms with Gasteiger partial charge in [0.1, 0.15) is 0 Å². The summed E-state index contributed by atoms with van der Waals surface area (Å²) < 4.78 is 0. The molecule has 1 aliphatic heterocycles. The second-order valence-corrected chi connectivity index (χ2v) is 6.78. The summed E-state index contributed by atoms with van der Waals surface area (Å²) in [4.78, 5) is 25.8. The van der Waals surface area contributed by atoms with Crippen molar-refractivity contribution in [2.75, 3.05) is 13.1 Å². The van der Waals surface area contributed by atoms with E-state index < -0.39 is 0 Å². The normalized spacial score (nSPS) is 19.5. The number of amides is 2. The zero-order chi connectivity index (χ0) is 15.2. The van der Waals surface area contributed by atoms with Crippen LogP contribution in [-0.2, 0) is 9.59 Å². The number of likely N-dealkylation sites (tertiary alicyclic amines) is 1. The molecule has 1 saturated heterocycles.